The van der Waals surface area contributed by atoms with Gasteiger partial charge in [-0.25, -0.2) is 9.79 Å². The van der Waals surface area contributed by atoms with Gasteiger partial charge >= 0.3 is 12.2 Å². The van der Waals surface area contributed by atoms with Gasteiger partial charge in [0.1, 0.15) is 5.75 Å². The van der Waals surface area contributed by atoms with Crippen molar-refractivity contribution >= 4 is 29.0 Å². The van der Waals surface area contributed by atoms with E-state index in [1.807, 2.05) is 6.08 Å². The summed E-state index contributed by atoms with van der Waals surface area (Å²) >= 11 is 0. The molecule has 1 saturated heterocycles. The fourth-order valence-electron chi connectivity index (χ4n) is 4.18. The smallest absolute Gasteiger partial charge is 0.416 e. The van der Waals surface area contributed by atoms with Gasteiger partial charge in [0.2, 0.25) is 6.23 Å². The molecule has 2 aliphatic rings. The molecule has 1 aromatic heterocycles. The number of ether oxygens (including phenoxy) is 1. The van der Waals surface area contributed by atoms with Crippen LogP contribution in [0, 0.1) is 0 Å². The summed E-state index contributed by atoms with van der Waals surface area (Å²) in [5.41, 5.74) is 0.789. The summed E-state index contributed by atoms with van der Waals surface area (Å²) in [6.45, 7) is 2.66. The Morgan fingerprint density at radius 3 is 2.89 bits per heavy atom. The normalized spacial score (nSPS) is 19.7. The van der Waals surface area contributed by atoms with Crippen LogP contribution in [0.3, 0.4) is 0 Å². The number of amides is 1. The molecule has 0 radical (unpaired) electrons. The lowest BCUT2D eigenvalue weighted by atomic mass is 10.2. The van der Waals surface area contributed by atoms with Gasteiger partial charge in [-0.2, -0.15) is 13.2 Å². The molecule has 188 valence electrons. The van der Waals surface area contributed by atoms with Crippen LogP contribution in [0.5, 0.6) is 5.75 Å². The minimum atomic E-state index is -4.49. The third kappa shape index (κ3) is 5.52. The van der Waals surface area contributed by atoms with E-state index in [1.54, 1.807) is 36.8 Å². The highest BCUT2D eigenvalue weighted by Gasteiger charge is 2.30. The Labute approximate surface area is 205 Å². The molecule has 2 aromatic carbocycles. The SMILES string of the molecule is O=C(Nc1cccc(C(F)(F)F)c1)n1ccc2cc(OC3C=C(CNC4CCNC4)NC=N3)ccc21. The number of carbonyl (C=O) groups is 1. The van der Waals surface area contributed by atoms with Gasteiger partial charge in [-0.15, -0.1) is 0 Å². The van der Waals surface area contributed by atoms with Crippen molar-refractivity contribution in [2.75, 3.05) is 25.0 Å². The number of nitrogens with one attached hydrogen (secondary N) is 4. The molecular weight excluding hydrogens is 473 g/mol. The quantitative estimate of drug-likeness (QED) is 0.414. The van der Waals surface area contributed by atoms with Gasteiger partial charge in [-0.3, -0.25) is 4.57 Å². The van der Waals surface area contributed by atoms with Crippen LogP contribution in [0.15, 0.2) is 71.5 Å². The number of hydrogen-bond donors (Lipinski definition) is 4. The highest BCUT2D eigenvalue weighted by molar-refractivity contribution is 5.98. The summed E-state index contributed by atoms with van der Waals surface area (Å²) in [6, 6.07) is 11.4. The molecule has 1 fully saturated rings. The molecule has 36 heavy (non-hydrogen) atoms. The molecule has 3 heterocycles. The predicted molar refractivity (Wildman–Crippen MR) is 131 cm³/mol. The summed E-state index contributed by atoms with van der Waals surface area (Å²) in [7, 11) is 0. The Bertz CT molecular complexity index is 1310. The maximum Gasteiger partial charge on any atom is 0.416 e. The van der Waals surface area contributed by atoms with E-state index < -0.39 is 24.0 Å². The van der Waals surface area contributed by atoms with Crippen molar-refractivity contribution in [3.8, 4) is 5.75 Å². The highest BCUT2D eigenvalue weighted by Crippen LogP contribution is 2.31. The van der Waals surface area contributed by atoms with E-state index in [4.69, 9.17) is 4.74 Å². The van der Waals surface area contributed by atoms with Gasteiger partial charge in [0, 0.05) is 42.1 Å². The van der Waals surface area contributed by atoms with Gasteiger partial charge in [-0.1, -0.05) is 6.07 Å². The first-order valence-electron chi connectivity index (χ1n) is 11.5. The van der Waals surface area contributed by atoms with Gasteiger partial charge < -0.3 is 26.0 Å². The third-order valence-corrected chi connectivity index (χ3v) is 6.04. The Kier molecular flexibility index (Phi) is 6.66. The molecule has 3 aromatic rings. The zero-order valence-electron chi connectivity index (χ0n) is 19.2. The van der Waals surface area contributed by atoms with Crippen LogP contribution in [0.25, 0.3) is 10.9 Å². The second kappa shape index (κ2) is 10.0. The van der Waals surface area contributed by atoms with E-state index in [0.29, 0.717) is 23.9 Å². The van der Waals surface area contributed by atoms with E-state index in [9.17, 15) is 18.0 Å². The first-order chi connectivity index (χ1) is 17.3. The van der Waals surface area contributed by atoms with Gasteiger partial charge in [0.25, 0.3) is 0 Å². The number of rotatable bonds is 6. The van der Waals surface area contributed by atoms with Crippen LogP contribution >= 0.6 is 0 Å². The second-order valence-corrected chi connectivity index (χ2v) is 8.61. The number of aliphatic imine (C=N–C) groups is 1. The topological polar surface area (TPSA) is 91.7 Å². The third-order valence-electron chi connectivity index (χ3n) is 6.04. The molecule has 11 heteroatoms. The number of carbonyl (C=O) groups excluding carboxylic acids is 1. The van der Waals surface area contributed by atoms with Gasteiger partial charge in [0.15, 0.2) is 0 Å². The summed E-state index contributed by atoms with van der Waals surface area (Å²) in [5.74, 6) is 0.575. The minimum absolute atomic E-state index is 0.0571. The van der Waals surface area contributed by atoms with E-state index >= 15 is 0 Å². The first kappa shape index (κ1) is 23.9. The molecule has 4 N–H and O–H groups in total. The van der Waals surface area contributed by atoms with E-state index in [-0.39, 0.29) is 5.69 Å². The molecular formula is C25H25F3N6O2. The Balaban J connectivity index is 1.25. The maximum absolute atomic E-state index is 13.0. The molecule has 0 bridgehead atoms. The zero-order valence-corrected chi connectivity index (χ0v) is 19.2. The summed E-state index contributed by atoms with van der Waals surface area (Å²) in [4.78, 5) is 17.1. The summed E-state index contributed by atoms with van der Waals surface area (Å²) in [6.07, 6.45) is 1.19. The van der Waals surface area contributed by atoms with Crippen LogP contribution in [0.2, 0.25) is 0 Å². The van der Waals surface area contributed by atoms with Crippen LogP contribution in [-0.4, -0.2) is 48.8 Å². The molecule has 0 saturated carbocycles. The van der Waals surface area contributed by atoms with Crippen molar-refractivity contribution in [1.29, 1.82) is 0 Å². The molecule has 2 aliphatic heterocycles. The Morgan fingerprint density at radius 1 is 1.19 bits per heavy atom. The summed E-state index contributed by atoms with van der Waals surface area (Å²) < 4.78 is 46.2. The standard InChI is InChI=1S/C25H25F3N6O2/c26-25(27,28)17-2-1-3-18(11-17)33-24(35)34-9-7-16-10-21(4-5-22(16)34)36-23-12-20(31-15-32-23)14-30-19-6-8-29-13-19/h1-5,7,9-12,15,19,23,29-30H,6,8,13-14H2,(H,31,32)(H,33,35). The molecule has 0 spiro atoms. The number of benzene rings is 2. The van der Waals surface area contributed by atoms with E-state index in [0.717, 1.165) is 42.7 Å². The van der Waals surface area contributed by atoms with Crippen LogP contribution < -0.4 is 26.0 Å². The summed E-state index contributed by atoms with van der Waals surface area (Å²) in [5, 5.41) is 13.2. The largest absolute Gasteiger partial charge is 0.465 e. The van der Waals surface area contributed by atoms with E-state index in [1.165, 1.54) is 16.7 Å². The number of alkyl halides is 3. The Morgan fingerprint density at radius 2 is 2.08 bits per heavy atom. The molecule has 8 nitrogen and oxygen atoms in total. The average molecular weight is 499 g/mol. The number of fused-ring (bicyclic) bond motifs is 1. The second-order valence-electron chi connectivity index (χ2n) is 8.61. The molecule has 0 aliphatic carbocycles. The fourth-order valence-corrected chi connectivity index (χ4v) is 4.18. The number of halogens is 3. The monoisotopic (exact) mass is 498 g/mol. The number of anilines is 1. The molecule has 5 rings (SSSR count). The van der Waals surface area contributed by atoms with Crippen LogP contribution in [0.1, 0.15) is 12.0 Å². The van der Waals surface area contributed by atoms with Gasteiger partial charge in [-0.05, 0) is 61.5 Å². The predicted octanol–water partition coefficient (Wildman–Crippen LogP) is 3.91. The van der Waals surface area contributed by atoms with Crippen LogP contribution in [-0.2, 0) is 6.18 Å². The maximum atomic E-state index is 13.0. The first-order valence-corrected chi connectivity index (χ1v) is 11.5. The number of aromatic nitrogens is 1. The van der Waals surface area contributed by atoms with Crippen molar-refractivity contribution in [2.24, 2.45) is 4.99 Å². The lowest BCUT2D eigenvalue weighted by Gasteiger charge is -2.20. The molecule has 2 atom stereocenters. The lowest BCUT2D eigenvalue weighted by Crippen LogP contribution is -2.36. The lowest BCUT2D eigenvalue weighted by molar-refractivity contribution is -0.137. The molecule has 1 amide bonds. The number of nitrogens with zero attached hydrogens (tertiary/aromatic N) is 2. The fraction of sp³-hybridized carbons (Fsp3) is 0.280. The van der Waals surface area contributed by atoms with Gasteiger partial charge in [0.05, 0.1) is 17.4 Å². The van der Waals surface area contributed by atoms with Crippen molar-refractivity contribution in [2.45, 2.75) is 24.9 Å². The van der Waals surface area contributed by atoms with E-state index in [2.05, 4.69) is 26.3 Å². The van der Waals surface area contributed by atoms with Crippen molar-refractivity contribution in [3.63, 3.8) is 0 Å². The van der Waals surface area contributed by atoms with Crippen molar-refractivity contribution in [3.05, 3.63) is 72.1 Å². The number of hydrogen-bond acceptors (Lipinski definition) is 6. The van der Waals surface area contributed by atoms with Crippen LogP contribution in [0.4, 0.5) is 23.7 Å². The minimum Gasteiger partial charge on any atom is -0.465 e. The van der Waals surface area contributed by atoms with Crippen molar-refractivity contribution < 1.29 is 22.7 Å². The highest BCUT2D eigenvalue weighted by atomic mass is 19.4. The Hall–Kier alpha value is -3.83. The van der Waals surface area contributed by atoms with Crippen molar-refractivity contribution in [1.82, 2.24) is 20.5 Å². The zero-order chi connectivity index (χ0) is 25.1. The average Bonchev–Trinajstić information content (AvgIpc) is 3.52. The molecule has 2 unspecified atom stereocenters.